The highest BCUT2D eigenvalue weighted by molar-refractivity contribution is 5.90. The molecule has 0 aliphatic carbocycles. The van der Waals surface area contributed by atoms with Crippen LogP contribution >= 0.6 is 0 Å². The molecule has 0 spiro atoms. The quantitative estimate of drug-likeness (QED) is 0.625. The minimum atomic E-state index is -0.541. The third kappa shape index (κ3) is 4.76. The van der Waals surface area contributed by atoms with E-state index in [0.29, 0.717) is 37.3 Å². The van der Waals surface area contributed by atoms with Crippen LogP contribution in [0.1, 0.15) is 18.9 Å². The molecule has 2 amide bonds. The standard InChI is InChI=1S/C21H22FN5O5/c1-14(28)31-13-20(29)25-7-4-15(5-8-25)18-3-2-16(10-19(18)22)27-12-17(32-21(27)30)11-26-9-6-23-24-26/h2-4,6,9-10,17H,5,7-8,11-13H2,1H3/t17-/m0/s1. The summed E-state index contributed by atoms with van der Waals surface area (Å²) >= 11 is 0. The topological polar surface area (TPSA) is 107 Å². The smallest absolute Gasteiger partial charge is 0.414 e. The molecule has 0 radical (unpaired) electrons. The highest BCUT2D eigenvalue weighted by Gasteiger charge is 2.33. The Hall–Kier alpha value is -3.76. The summed E-state index contributed by atoms with van der Waals surface area (Å²) in [6.07, 6.45) is 4.51. The van der Waals surface area contributed by atoms with Gasteiger partial charge in [-0.1, -0.05) is 11.3 Å². The van der Waals surface area contributed by atoms with Crippen LogP contribution in [-0.4, -0.2) is 70.2 Å². The Morgan fingerprint density at radius 2 is 2.19 bits per heavy atom. The molecule has 4 rings (SSSR count). The average Bonchev–Trinajstić information content (AvgIpc) is 3.41. The Morgan fingerprint density at radius 1 is 1.34 bits per heavy atom. The lowest BCUT2D eigenvalue weighted by Crippen LogP contribution is -2.37. The van der Waals surface area contributed by atoms with Crippen molar-refractivity contribution in [2.75, 3.05) is 31.1 Å². The molecule has 1 aromatic heterocycles. The number of cyclic esters (lactones) is 1. The number of amides is 2. The summed E-state index contributed by atoms with van der Waals surface area (Å²) in [5, 5.41) is 7.58. The summed E-state index contributed by atoms with van der Waals surface area (Å²) in [4.78, 5) is 38.1. The van der Waals surface area contributed by atoms with Crippen LogP contribution in [0.5, 0.6) is 0 Å². The molecular formula is C21H22FN5O5. The van der Waals surface area contributed by atoms with Gasteiger partial charge in [0.1, 0.15) is 11.9 Å². The van der Waals surface area contributed by atoms with Gasteiger partial charge in [-0.15, -0.1) is 5.10 Å². The van der Waals surface area contributed by atoms with Gasteiger partial charge in [-0.05, 0) is 30.2 Å². The molecule has 3 heterocycles. The molecule has 10 nitrogen and oxygen atoms in total. The summed E-state index contributed by atoms with van der Waals surface area (Å²) in [5.41, 5.74) is 1.61. The lowest BCUT2D eigenvalue weighted by Gasteiger charge is -2.26. The highest BCUT2D eigenvalue weighted by atomic mass is 19.1. The summed E-state index contributed by atoms with van der Waals surface area (Å²) in [6.45, 7) is 2.29. The fourth-order valence-corrected chi connectivity index (χ4v) is 3.69. The van der Waals surface area contributed by atoms with Gasteiger partial charge in [0.05, 0.1) is 25.0 Å². The number of carbonyl (C=O) groups is 3. The Kier molecular flexibility index (Phi) is 6.15. The number of hydrogen-bond acceptors (Lipinski definition) is 7. The van der Waals surface area contributed by atoms with Crippen LogP contribution in [0.15, 0.2) is 36.7 Å². The maximum Gasteiger partial charge on any atom is 0.414 e. The van der Waals surface area contributed by atoms with E-state index in [2.05, 4.69) is 10.3 Å². The summed E-state index contributed by atoms with van der Waals surface area (Å²) in [6, 6.07) is 4.62. The molecule has 2 aliphatic rings. The van der Waals surface area contributed by atoms with Crippen molar-refractivity contribution in [1.82, 2.24) is 19.9 Å². The highest BCUT2D eigenvalue weighted by Crippen LogP contribution is 2.30. The number of carbonyl (C=O) groups excluding carboxylic acids is 3. The maximum atomic E-state index is 14.9. The molecule has 1 fully saturated rings. The van der Waals surface area contributed by atoms with E-state index in [-0.39, 0.29) is 19.1 Å². The van der Waals surface area contributed by atoms with Crippen molar-refractivity contribution < 1.29 is 28.2 Å². The zero-order valence-electron chi connectivity index (χ0n) is 17.4. The van der Waals surface area contributed by atoms with Gasteiger partial charge in [-0.25, -0.2) is 13.9 Å². The molecule has 2 aromatic rings. The molecule has 0 N–H and O–H groups in total. The first-order valence-electron chi connectivity index (χ1n) is 10.1. The van der Waals surface area contributed by atoms with Crippen molar-refractivity contribution in [3.8, 4) is 0 Å². The predicted molar refractivity (Wildman–Crippen MR) is 110 cm³/mol. The average molecular weight is 443 g/mol. The molecule has 1 atom stereocenters. The first-order valence-corrected chi connectivity index (χ1v) is 10.1. The van der Waals surface area contributed by atoms with Gasteiger partial charge in [0, 0.05) is 31.8 Å². The van der Waals surface area contributed by atoms with E-state index in [1.807, 2.05) is 0 Å². The van der Waals surface area contributed by atoms with E-state index in [9.17, 15) is 18.8 Å². The Balaban J connectivity index is 1.40. The lowest BCUT2D eigenvalue weighted by atomic mass is 9.98. The molecule has 32 heavy (non-hydrogen) atoms. The van der Waals surface area contributed by atoms with Crippen molar-refractivity contribution >= 4 is 29.2 Å². The molecule has 11 heteroatoms. The second-order valence-electron chi connectivity index (χ2n) is 7.50. The van der Waals surface area contributed by atoms with Crippen LogP contribution in [0.3, 0.4) is 0 Å². The molecule has 168 valence electrons. The molecule has 1 saturated heterocycles. The summed E-state index contributed by atoms with van der Waals surface area (Å²) in [5.74, 6) is -1.26. The number of rotatable bonds is 6. The number of anilines is 1. The molecule has 1 aromatic carbocycles. The van der Waals surface area contributed by atoms with Crippen LogP contribution in [0.4, 0.5) is 14.9 Å². The molecule has 2 aliphatic heterocycles. The zero-order chi connectivity index (χ0) is 22.7. The van der Waals surface area contributed by atoms with E-state index in [0.717, 1.165) is 5.57 Å². The first-order chi connectivity index (χ1) is 15.4. The third-order valence-electron chi connectivity index (χ3n) is 5.31. The van der Waals surface area contributed by atoms with Crippen molar-refractivity contribution in [2.45, 2.75) is 26.0 Å². The normalized spacial score (nSPS) is 18.4. The lowest BCUT2D eigenvalue weighted by molar-refractivity contribution is -0.150. The van der Waals surface area contributed by atoms with Gasteiger partial charge in [-0.3, -0.25) is 14.5 Å². The minimum absolute atomic E-state index is 0.277. The first kappa shape index (κ1) is 21.5. The van der Waals surface area contributed by atoms with Gasteiger partial charge in [-0.2, -0.15) is 0 Å². The fourth-order valence-electron chi connectivity index (χ4n) is 3.69. The van der Waals surface area contributed by atoms with Gasteiger partial charge >= 0.3 is 12.1 Å². The van der Waals surface area contributed by atoms with E-state index in [4.69, 9.17) is 9.47 Å². The van der Waals surface area contributed by atoms with Crippen molar-refractivity contribution in [1.29, 1.82) is 0 Å². The molecule has 0 unspecified atom stereocenters. The van der Waals surface area contributed by atoms with E-state index in [1.165, 1.54) is 24.1 Å². The van der Waals surface area contributed by atoms with Crippen LogP contribution in [0.2, 0.25) is 0 Å². The van der Waals surface area contributed by atoms with Crippen LogP contribution in [-0.2, 0) is 25.6 Å². The second-order valence-corrected chi connectivity index (χ2v) is 7.50. The monoisotopic (exact) mass is 443 g/mol. The maximum absolute atomic E-state index is 14.9. The van der Waals surface area contributed by atoms with E-state index >= 15 is 0 Å². The van der Waals surface area contributed by atoms with Gasteiger partial charge in [0.15, 0.2) is 6.61 Å². The van der Waals surface area contributed by atoms with Gasteiger partial charge < -0.3 is 14.4 Å². The summed E-state index contributed by atoms with van der Waals surface area (Å²) < 4.78 is 26.6. The van der Waals surface area contributed by atoms with E-state index < -0.39 is 24.0 Å². The number of hydrogen-bond donors (Lipinski definition) is 0. The summed E-state index contributed by atoms with van der Waals surface area (Å²) in [7, 11) is 0. The molecule has 0 saturated carbocycles. The minimum Gasteiger partial charge on any atom is -0.456 e. The number of halogens is 1. The zero-order valence-corrected chi connectivity index (χ0v) is 17.4. The number of ether oxygens (including phenoxy) is 2. The number of aromatic nitrogens is 3. The van der Waals surface area contributed by atoms with Crippen LogP contribution in [0, 0.1) is 5.82 Å². The number of benzene rings is 1. The Bertz CT molecular complexity index is 1050. The van der Waals surface area contributed by atoms with Crippen LogP contribution in [0.25, 0.3) is 5.57 Å². The van der Waals surface area contributed by atoms with Gasteiger partial charge in [0.2, 0.25) is 0 Å². The molecule has 0 bridgehead atoms. The Morgan fingerprint density at radius 3 is 2.84 bits per heavy atom. The van der Waals surface area contributed by atoms with E-state index in [1.54, 1.807) is 34.0 Å². The van der Waals surface area contributed by atoms with Crippen molar-refractivity contribution in [2.24, 2.45) is 0 Å². The van der Waals surface area contributed by atoms with Crippen molar-refractivity contribution in [3.05, 3.63) is 48.0 Å². The SMILES string of the molecule is CC(=O)OCC(=O)N1CC=C(c2ccc(N3C[C@H](Cn4ccnn4)OC3=O)cc2F)CC1. The third-order valence-corrected chi connectivity index (χ3v) is 5.31. The van der Waals surface area contributed by atoms with Crippen molar-refractivity contribution in [3.63, 3.8) is 0 Å². The predicted octanol–water partition coefficient (Wildman–Crippen LogP) is 1.62. The van der Waals surface area contributed by atoms with Crippen LogP contribution < -0.4 is 4.90 Å². The second kappa shape index (κ2) is 9.16. The molecular weight excluding hydrogens is 421 g/mol. The van der Waals surface area contributed by atoms with Gasteiger partial charge in [0.25, 0.3) is 5.91 Å². The largest absolute Gasteiger partial charge is 0.456 e. The number of esters is 1. The fraction of sp³-hybridized carbons (Fsp3) is 0.381. The number of nitrogens with zero attached hydrogens (tertiary/aromatic N) is 5. The Labute approximate surface area is 183 Å².